The van der Waals surface area contributed by atoms with Crippen LogP contribution in [0.15, 0.2) is 18.2 Å². The van der Waals surface area contributed by atoms with E-state index in [9.17, 15) is 9.59 Å². The number of benzene rings is 1. The quantitative estimate of drug-likeness (QED) is 0.820. The van der Waals surface area contributed by atoms with Crippen LogP contribution in [-0.4, -0.2) is 29.3 Å². The number of ether oxygens (including phenoxy) is 1. The molecule has 1 amide bonds. The number of aryl methyl sites for hydroxylation is 1. The van der Waals surface area contributed by atoms with Crippen LogP contribution in [0.5, 0.6) is 0 Å². The zero-order valence-electron chi connectivity index (χ0n) is 12.6. The van der Waals surface area contributed by atoms with Crippen LogP contribution in [-0.2, 0) is 4.74 Å². The number of hydrogen-bond donors (Lipinski definition) is 2. The van der Waals surface area contributed by atoms with Crippen LogP contribution in [0, 0.1) is 18.8 Å². The summed E-state index contributed by atoms with van der Waals surface area (Å²) in [5, 5.41) is 11.7. The van der Waals surface area contributed by atoms with Crippen molar-refractivity contribution in [3.05, 3.63) is 34.9 Å². The van der Waals surface area contributed by atoms with Crippen LogP contribution >= 0.6 is 0 Å². The number of nitrogens with one attached hydrogen (secondary N) is 1. The third-order valence-electron chi connectivity index (χ3n) is 2.43. The van der Waals surface area contributed by atoms with Crippen LogP contribution in [0.1, 0.15) is 42.3 Å². The molecule has 0 bridgehead atoms. The molecule has 0 unspecified atom stereocenters. The molecule has 1 rings (SSSR count). The van der Waals surface area contributed by atoms with Crippen molar-refractivity contribution < 1.29 is 19.4 Å². The van der Waals surface area contributed by atoms with Crippen molar-refractivity contribution in [3.8, 4) is 11.8 Å². The number of carbonyl (C=O) groups excluding carboxylic acids is 1. The van der Waals surface area contributed by atoms with Crippen molar-refractivity contribution in [2.24, 2.45) is 0 Å². The maximum Gasteiger partial charge on any atom is 0.408 e. The van der Waals surface area contributed by atoms with E-state index in [0.29, 0.717) is 11.1 Å². The van der Waals surface area contributed by atoms with Crippen LogP contribution in [0.4, 0.5) is 4.79 Å². The van der Waals surface area contributed by atoms with Crippen molar-refractivity contribution in [2.45, 2.75) is 33.3 Å². The lowest BCUT2D eigenvalue weighted by Crippen LogP contribution is -2.32. The first-order valence-corrected chi connectivity index (χ1v) is 6.49. The molecule has 112 valence electrons. The van der Waals surface area contributed by atoms with Gasteiger partial charge in [-0.3, -0.25) is 0 Å². The normalized spacial score (nSPS) is 10.3. The lowest BCUT2D eigenvalue weighted by molar-refractivity contribution is 0.0534. The van der Waals surface area contributed by atoms with E-state index in [-0.39, 0.29) is 12.1 Å². The van der Waals surface area contributed by atoms with E-state index in [4.69, 9.17) is 9.84 Å². The Morgan fingerprint density at radius 2 is 2.00 bits per heavy atom. The Balaban J connectivity index is 2.71. The fraction of sp³-hybridized carbons (Fsp3) is 0.375. The molecule has 1 aromatic carbocycles. The highest BCUT2D eigenvalue weighted by molar-refractivity contribution is 5.92. The van der Waals surface area contributed by atoms with Gasteiger partial charge in [0.15, 0.2) is 0 Å². The molecule has 0 aliphatic carbocycles. The molecule has 0 radical (unpaired) electrons. The Kier molecular flexibility index (Phi) is 5.37. The van der Waals surface area contributed by atoms with Gasteiger partial charge in [0.2, 0.25) is 0 Å². The minimum atomic E-state index is -1.02. The third kappa shape index (κ3) is 5.57. The molecule has 0 atom stereocenters. The maximum absolute atomic E-state index is 11.4. The second-order valence-electron chi connectivity index (χ2n) is 5.46. The molecule has 0 spiro atoms. The first kappa shape index (κ1) is 16.6. The van der Waals surface area contributed by atoms with Gasteiger partial charge >= 0.3 is 12.1 Å². The van der Waals surface area contributed by atoms with Gasteiger partial charge in [0, 0.05) is 5.56 Å². The molecule has 0 aromatic heterocycles. The van der Waals surface area contributed by atoms with E-state index >= 15 is 0 Å². The minimum absolute atomic E-state index is 0.0852. The Morgan fingerprint density at radius 1 is 1.33 bits per heavy atom. The van der Waals surface area contributed by atoms with E-state index in [1.165, 1.54) is 0 Å². The predicted octanol–water partition coefficient (Wildman–Crippen LogP) is 2.57. The second-order valence-corrected chi connectivity index (χ2v) is 5.46. The molecule has 21 heavy (non-hydrogen) atoms. The van der Waals surface area contributed by atoms with E-state index in [0.717, 1.165) is 0 Å². The van der Waals surface area contributed by atoms with Gasteiger partial charge in [0.25, 0.3) is 0 Å². The largest absolute Gasteiger partial charge is 0.478 e. The first-order chi connectivity index (χ1) is 9.70. The van der Waals surface area contributed by atoms with Gasteiger partial charge in [-0.05, 0) is 39.3 Å². The van der Waals surface area contributed by atoms with Gasteiger partial charge in [-0.15, -0.1) is 0 Å². The summed E-state index contributed by atoms with van der Waals surface area (Å²) in [4.78, 5) is 22.6. The van der Waals surface area contributed by atoms with Gasteiger partial charge in [0.1, 0.15) is 5.60 Å². The highest BCUT2D eigenvalue weighted by Gasteiger charge is 2.15. The number of carboxylic acid groups (broad SMARTS) is 1. The molecular weight excluding hydrogens is 270 g/mol. The summed E-state index contributed by atoms with van der Waals surface area (Å²) in [6, 6.07) is 5.09. The van der Waals surface area contributed by atoms with Gasteiger partial charge in [-0.1, -0.05) is 24.0 Å². The summed E-state index contributed by atoms with van der Waals surface area (Å²) in [6.45, 7) is 7.11. The standard InChI is InChI=1S/C16H19NO4/c1-11-7-5-8-12(13(11)14(18)19)9-6-10-17-15(20)21-16(2,3)4/h5,7-8H,10H2,1-4H3,(H,17,20)(H,18,19). The molecule has 0 saturated carbocycles. The summed E-state index contributed by atoms with van der Waals surface area (Å²) < 4.78 is 5.06. The van der Waals surface area contributed by atoms with E-state index < -0.39 is 17.7 Å². The smallest absolute Gasteiger partial charge is 0.408 e. The zero-order chi connectivity index (χ0) is 16.0. The van der Waals surface area contributed by atoms with Crippen LogP contribution in [0.25, 0.3) is 0 Å². The lowest BCUT2D eigenvalue weighted by Gasteiger charge is -2.19. The number of aromatic carboxylic acids is 1. The van der Waals surface area contributed by atoms with E-state index in [1.807, 2.05) is 0 Å². The van der Waals surface area contributed by atoms with Crippen molar-refractivity contribution in [2.75, 3.05) is 6.54 Å². The summed E-state index contributed by atoms with van der Waals surface area (Å²) >= 11 is 0. The number of hydrogen-bond acceptors (Lipinski definition) is 3. The van der Waals surface area contributed by atoms with Gasteiger partial charge in [0.05, 0.1) is 12.1 Å². The van der Waals surface area contributed by atoms with Gasteiger partial charge in [-0.25, -0.2) is 9.59 Å². The van der Waals surface area contributed by atoms with Crippen LogP contribution < -0.4 is 5.32 Å². The van der Waals surface area contributed by atoms with Crippen LogP contribution in [0.3, 0.4) is 0 Å². The molecule has 0 aliphatic heterocycles. The molecule has 0 heterocycles. The topological polar surface area (TPSA) is 75.6 Å². The monoisotopic (exact) mass is 289 g/mol. The molecular formula is C16H19NO4. The molecule has 0 saturated heterocycles. The SMILES string of the molecule is Cc1cccc(C#CCNC(=O)OC(C)(C)C)c1C(=O)O. The number of amides is 1. The summed E-state index contributed by atoms with van der Waals surface area (Å²) in [6.07, 6.45) is -0.556. The fourth-order valence-corrected chi connectivity index (χ4v) is 1.63. The Morgan fingerprint density at radius 3 is 2.57 bits per heavy atom. The Bertz CT molecular complexity index is 603. The molecule has 2 N–H and O–H groups in total. The highest BCUT2D eigenvalue weighted by Crippen LogP contribution is 2.13. The predicted molar refractivity (Wildman–Crippen MR) is 79.3 cm³/mol. The first-order valence-electron chi connectivity index (χ1n) is 6.49. The highest BCUT2D eigenvalue weighted by atomic mass is 16.6. The van der Waals surface area contributed by atoms with Crippen molar-refractivity contribution in [3.63, 3.8) is 0 Å². The summed E-state index contributed by atoms with van der Waals surface area (Å²) in [5.41, 5.74) is 0.690. The maximum atomic E-state index is 11.4. The van der Waals surface area contributed by atoms with Crippen molar-refractivity contribution in [1.29, 1.82) is 0 Å². The second kappa shape index (κ2) is 6.80. The molecule has 0 aliphatic rings. The number of carboxylic acids is 1. The summed E-state index contributed by atoms with van der Waals surface area (Å²) in [7, 11) is 0. The number of rotatable bonds is 2. The zero-order valence-corrected chi connectivity index (χ0v) is 12.6. The van der Waals surface area contributed by atoms with Crippen molar-refractivity contribution in [1.82, 2.24) is 5.32 Å². The molecule has 0 fully saturated rings. The average molecular weight is 289 g/mol. The molecule has 5 nitrogen and oxygen atoms in total. The van der Waals surface area contributed by atoms with Gasteiger partial charge < -0.3 is 15.2 Å². The summed E-state index contributed by atoms with van der Waals surface area (Å²) in [5.74, 6) is 4.45. The fourth-order valence-electron chi connectivity index (χ4n) is 1.63. The average Bonchev–Trinajstić information content (AvgIpc) is 2.32. The number of alkyl carbamates (subject to hydrolysis) is 1. The van der Waals surface area contributed by atoms with Crippen LogP contribution in [0.2, 0.25) is 0 Å². The van der Waals surface area contributed by atoms with Crippen molar-refractivity contribution >= 4 is 12.1 Å². The lowest BCUT2D eigenvalue weighted by atomic mass is 10.0. The molecule has 5 heteroatoms. The molecule has 1 aromatic rings. The van der Waals surface area contributed by atoms with E-state index in [1.54, 1.807) is 45.9 Å². The minimum Gasteiger partial charge on any atom is -0.478 e. The number of carbonyl (C=O) groups is 2. The van der Waals surface area contributed by atoms with Gasteiger partial charge in [-0.2, -0.15) is 0 Å². The van der Waals surface area contributed by atoms with E-state index in [2.05, 4.69) is 17.2 Å². The Labute approximate surface area is 124 Å². The third-order valence-corrected chi connectivity index (χ3v) is 2.43. The Hall–Kier alpha value is -2.48.